The van der Waals surface area contributed by atoms with Crippen LogP contribution < -0.4 is 5.32 Å². The SMILES string of the molecule is Cc1ccc(S(=O)(=O)N2CCCCC2)cc1NCc1nnc(-c2ccc(F)cc2)o1. The summed E-state index contributed by atoms with van der Waals surface area (Å²) in [5.74, 6) is 0.304. The van der Waals surface area contributed by atoms with Crippen molar-refractivity contribution in [2.45, 2.75) is 37.6 Å². The average molecular weight is 431 g/mol. The number of sulfonamides is 1. The Morgan fingerprint density at radius 2 is 1.80 bits per heavy atom. The largest absolute Gasteiger partial charge is 0.419 e. The van der Waals surface area contributed by atoms with E-state index in [2.05, 4.69) is 15.5 Å². The van der Waals surface area contributed by atoms with Crippen molar-refractivity contribution >= 4 is 15.7 Å². The number of nitrogens with zero attached hydrogens (tertiary/aromatic N) is 3. The molecule has 1 fully saturated rings. The molecule has 1 aliphatic rings. The first-order valence-electron chi connectivity index (χ1n) is 9.86. The highest BCUT2D eigenvalue weighted by molar-refractivity contribution is 7.89. The van der Waals surface area contributed by atoms with Gasteiger partial charge < -0.3 is 9.73 Å². The van der Waals surface area contributed by atoms with Gasteiger partial charge in [0.25, 0.3) is 0 Å². The normalized spacial score (nSPS) is 15.3. The van der Waals surface area contributed by atoms with Crippen molar-refractivity contribution < 1.29 is 17.2 Å². The molecule has 30 heavy (non-hydrogen) atoms. The van der Waals surface area contributed by atoms with Gasteiger partial charge in [0.15, 0.2) is 0 Å². The first kappa shape index (κ1) is 20.5. The second kappa shape index (κ2) is 8.53. The predicted octanol–water partition coefficient (Wildman–Crippen LogP) is 3.97. The molecule has 0 radical (unpaired) electrons. The van der Waals surface area contributed by atoms with Crippen molar-refractivity contribution in [3.63, 3.8) is 0 Å². The topological polar surface area (TPSA) is 88.3 Å². The molecule has 3 aromatic rings. The van der Waals surface area contributed by atoms with Crippen LogP contribution in [0.5, 0.6) is 0 Å². The van der Waals surface area contributed by atoms with Crippen LogP contribution in [0.3, 0.4) is 0 Å². The van der Waals surface area contributed by atoms with Gasteiger partial charge in [-0.05, 0) is 61.7 Å². The third-order valence-electron chi connectivity index (χ3n) is 5.15. The summed E-state index contributed by atoms with van der Waals surface area (Å²) in [7, 11) is -3.51. The van der Waals surface area contributed by atoms with Crippen LogP contribution in [0, 0.1) is 12.7 Å². The lowest BCUT2D eigenvalue weighted by atomic mass is 10.2. The third-order valence-corrected chi connectivity index (χ3v) is 7.04. The number of aromatic nitrogens is 2. The number of hydrogen-bond acceptors (Lipinski definition) is 6. The van der Waals surface area contributed by atoms with Crippen LogP contribution in [0.4, 0.5) is 10.1 Å². The molecule has 0 saturated carbocycles. The van der Waals surface area contributed by atoms with E-state index in [1.807, 2.05) is 6.92 Å². The molecule has 0 aliphatic carbocycles. The molecule has 0 bridgehead atoms. The molecular weight excluding hydrogens is 407 g/mol. The Kier molecular flexibility index (Phi) is 5.83. The van der Waals surface area contributed by atoms with E-state index in [0.29, 0.717) is 36.1 Å². The standard InChI is InChI=1S/C21H23FN4O3S/c1-15-5-10-18(30(27,28)26-11-3-2-4-12-26)13-19(15)23-14-20-24-25-21(29-20)16-6-8-17(22)9-7-16/h5-10,13,23H,2-4,11-12,14H2,1H3. The maximum atomic E-state index is 13.1. The highest BCUT2D eigenvalue weighted by Crippen LogP contribution is 2.26. The monoisotopic (exact) mass is 430 g/mol. The van der Waals surface area contributed by atoms with Gasteiger partial charge in [-0.25, -0.2) is 12.8 Å². The molecule has 9 heteroatoms. The highest BCUT2D eigenvalue weighted by Gasteiger charge is 2.26. The lowest BCUT2D eigenvalue weighted by Gasteiger charge is -2.26. The summed E-state index contributed by atoms with van der Waals surface area (Å²) in [6, 6.07) is 10.9. The van der Waals surface area contributed by atoms with Crippen LogP contribution in [-0.4, -0.2) is 36.0 Å². The lowest BCUT2D eigenvalue weighted by Crippen LogP contribution is -2.35. The van der Waals surface area contributed by atoms with Crippen molar-refractivity contribution in [3.05, 3.63) is 59.7 Å². The van der Waals surface area contributed by atoms with E-state index in [1.165, 1.54) is 12.1 Å². The third kappa shape index (κ3) is 4.36. The second-order valence-electron chi connectivity index (χ2n) is 7.30. The van der Waals surface area contributed by atoms with Crippen molar-refractivity contribution in [1.29, 1.82) is 0 Å². The predicted molar refractivity (Wildman–Crippen MR) is 111 cm³/mol. The van der Waals surface area contributed by atoms with Crippen molar-refractivity contribution in [2.75, 3.05) is 18.4 Å². The average Bonchev–Trinajstić information content (AvgIpc) is 3.23. The molecule has 1 saturated heterocycles. The van der Waals surface area contributed by atoms with E-state index in [9.17, 15) is 12.8 Å². The zero-order valence-corrected chi connectivity index (χ0v) is 17.5. The number of piperidine rings is 1. The second-order valence-corrected chi connectivity index (χ2v) is 9.24. The molecule has 1 N–H and O–H groups in total. The van der Waals surface area contributed by atoms with Gasteiger partial charge >= 0.3 is 0 Å². The fraction of sp³-hybridized carbons (Fsp3) is 0.333. The van der Waals surface area contributed by atoms with Crippen LogP contribution in [0.25, 0.3) is 11.5 Å². The summed E-state index contributed by atoms with van der Waals surface area (Å²) in [5.41, 5.74) is 2.22. The van der Waals surface area contributed by atoms with Gasteiger partial charge in [-0.1, -0.05) is 12.5 Å². The van der Waals surface area contributed by atoms with Crippen molar-refractivity contribution in [2.24, 2.45) is 0 Å². The Bertz CT molecular complexity index is 1120. The quantitative estimate of drug-likeness (QED) is 0.637. The van der Waals surface area contributed by atoms with Crippen LogP contribution >= 0.6 is 0 Å². The summed E-state index contributed by atoms with van der Waals surface area (Å²) in [5, 5.41) is 11.2. The molecule has 158 valence electrons. The maximum Gasteiger partial charge on any atom is 0.247 e. The number of hydrogen-bond donors (Lipinski definition) is 1. The number of aryl methyl sites for hydroxylation is 1. The molecule has 2 heterocycles. The van der Waals surface area contributed by atoms with Gasteiger partial charge in [-0.15, -0.1) is 10.2 Å². The Hall–Kier alpha value is -2.78. The van der Waals surface area contributed by atoms with Crippen LogP contribution in [0.2, 0.25) is 0 Å². The fourth-order valence-corrected chi connectivity index (χ4v) is 4.96. The molecule has 0 atom stereocenters. The number of nitrogens with one attached hydrogen (secondary N) is 1. The Morgan fingerprint density at radius 3 is 2.53 bits per heavy atom. The smallest absolute Gasteiger partial charge is 0.247 e. The zero-order chi connectivity index (χ0) is 21.1. The number of benzene rings is 2. The summed E-state index contributed by atoms with van der Waals surface area (Å²) >= 11 is 0. The van der Waals surface area contributed by atoms with E-state index >= 15 is 0 Å². The van der Waals surface area contributed by atoms with E-state index in [-0.39, 0.29) is 17.3 Å². The minimum atomic E-state index is -3.51. The number of halogens is 1. The molecule has 0 spiro atoms. The molecule has 1 aliphatic heterocycles. The first-order valence-corrected chi connectivity index (χ1v) is 11.3. The van der Waals surface area contributed by atoms with Gasteiger partial charge in [0, 0.05) is 24.3 Å². The number of rotatable bonds is 6. The fourth-order valence-electron chi connectivity index (χ4n) is 3.41. The summed E-state index contributed by atoms with van der Waals surface area (Å²) in [6.07, 6.45) is 2.85. The maximum absolute atomic E-state index is 13.1. The van der Waals surface area contributed by atoms with Crippen LogP contribution in [-0.2, 0) is 16.6 Å². The van der Waals surface area contributed by atoms with Crippen molar-refractivity contribution in [1.82, 2.24) is 14.5 Å². The minimum Gasteiger partial charge on any atom is -0.419 e. The zero-order valence-electron chi connectivity index (χ0n) is 16.6. The van der Waals surface area contributed by atoms with Crippen molar-refractivity contribution in [3.8, 4) is 11.5 Å². The van der Waals surface area contributed by atoms with Gasteiger partial charge in [0.1, 0.15) is 5.82 Å². The van der Waals surface area contributed by atoms with Gasteiger partial charge in [-0.2, -0.15) is 4.31 Å². The Labute approximate surface area is 175 Å². The summed E-state index contributed by atoms with van der Waals surface area (Å²) < 4.78 is 46.1. The van der Waals surface area contributed by atoms with E-state index < -0.39 is 10.0 Å². The van der Waals surface area contributed by atoms with Gasteiger partial charge in [-0.3, -0.25) is 0 Å². The lowest BCUT2D eigenvalue weighted by molar-refractivity contribution is 0.346. The summed E-state index contributed by atoms with van der Waals surface area (Å²) in [4.78, 5) is 0.273. The van der Waals surface area contributed by atoms with Crippen LogP contribution in [0.1, 0.15) is 30.7 Å². The Balaban J connectivity index is 1.49. The van der Waals surface area contributed by atoms with Gasteiger partial charge in [0.05, 0.1) is 11.4 Å². The molecule has 2 aromatic carbocycles. The Morgan fingerprint density at radius 1 is 1.07 bits per heavy atom. The molecular formula is C21H23FN4O3S. The minimum absolute atomic E-state index is 0.238. The molecule has 1 aromatic heterocycles. The number of anilines is 1. The van der Waals surface area contributed by atoms with E-state index in [1.54, 1.807) is 34.6 Å². The summed E-state index contributed by atoms with van der Waals surface area (Å²) in [6.45, 7) is 3.26. The van der Waals surface area contributed by atoms with E-state index in [4.69, 9.17) is 4.42 Å². The molecule has 0 unspecified atom stereocenters. The highest BCUT2D eigenvalue weighted by atomic mass is 32.2. The van der Waals surface area contributed by atoms with Gasteiger partial charge in [0.2, 0.25) is 21.8 Å². The molecule has 7 nitrogen and oxygen atoms in total. The molecule has 4 rings (SSSR count). The first-order chi connectivity index (χ1) is 14.4. The van der Waals surface area contributed by atoms with E-state index in [0.717, 1.165) is 24.8 Å². The molecule has 0 amide bonds. The van der Waals surface area contributed by atoms with Crippen LogP contribution in [0.15, 0.2) is 51.8 Å².